The molecule has 0 fully saturated rings. The molecular formula is C9H19NO3. The zero-order valence-corrected chi connectivity index (χ0v) is 8.29. The summed E-state index contributed by atoms with van der Waals surface area (Å²) in [4.78, 5) is 10.2. The van der Waals surface area contributed by atoms with Gasteiger partial charge in [0, 0.05) is 12.5 Å². The number of amides is 1. The second-order valence-corrected chi connectivity index (χ2v) is 3.21. The van der Waals surface area contributed by atoms with Crippen LogP contribution in [-0.4, -0.2) is 29.0 Å². The number of nitrogens with one attached hydrogen (secondary N) is 1. The molecule has 0 saturated heterocycles. The minimum absolute atomic E-state index is 0.0380. The van der Waals surface area contributed by atoms with Crippen LogP contribution in [0.1, 0.15) is 33.1 Å². The lowest BCUT2D eigenvalue weighted by Crippen LogP contribution is -2.33. The first kappa shape index (κ1) is 12.2. The first-order valence-corrected chi connectivity index (χ1v) is 4.76. The number of hydrogen-bond donors (Lipinski definition) is 3. The summed E-state index contributed by atoms with van der Waals surface area (Å²) >= 11 is 0. The van der Waals surface area contributed by atoms with Gasteiger partial charge >= 0.3 is 6.09 Å². The predicted molar refractivity (Wildman–Crippen MR) is 50.7 cm³/mol. The Bertz CT molecular complexity index is 150. The molecule has 4 nitrogen and oxygen atoms in total. The summed E-state index contributed by atoms with van der Waals surface area (Å²) in [7, 11) is 0. The van der Waals surface area contributed by atoms with E-state index < -0.39 is 6.09 Å². The van der Waals surface area contributed by atoms with Gasteiger partial charge < -0.3 is 15.5 Å². The van der Waals surface area contributed by atoms with Crippen molar-refractivity contribution in [2.45, 2.75) is 39.2 Å². The van der Waals surface area contributed by atoms with Crippen molar-refractivity contribution in [3.05, 3.63) is 0 Å². The molecule has 0 aromatic heterocycles. The van der Waals surface area contributed by atoms with Crippen LogP contribution < -0.4 is 5.32 Å². The predicted octanol–water partition coefficient (Wildman–Crippen LogP) is 1.44. The van der Waals surface area contributed by atoms with Gasteiger partial charge in [-0.25, -0.2) is 4.79 Å². The zero-order valence-electron chi connectivity index (χ0n) is 8.29. The third-order valence-corrected chi connectivity index (χ3v) is 2.17. The van der Waals surface area contributed by atoms with Gasteiger partial charge in [0.1, 0.15) is 0 Å². The molecule has 2 atom stereocenters. The maximum atomic E-state index is 10.2. The molecule has 0 heterocycles. The largest absolute Gasteiger partial charge is 0.465 e. The smallest absolute Gasteiger partial charge is 0.404 e. The van der Waals surface area contributed by atoms with Crippen molar-refractivity contribution in [3.63, 3.8) is 0 Å². The zero-order chi connectivity index (χ0) is 10.3. The second kappa shape index (κ2) is 6.71. The van der Waals surface area contributed by atoms with Crippen molar-refractivity contribution in [1.29, 1.82) is 0 Å². The Hall–Kier alpha value is -0.770. The quantitative estimate of drug-likeness (QED) is 0.592. The standard InChI is InChI=1S/C9H19NO3/c1-3-5-8(11)7(4-2)6-10-9(12)13/h7-8,10-11H,3-6H2,1-2H3,(H,12,13)/t7-,8?/m1/s1. The van der Waals surface area contributed by atoms with Crippen LogP contribution in [0, 0.1) is 5.92 Å². The van der Waals surface area contributed by atoms with Gasteiger partial charge in [-0.3, -0.25) is 0 Å². The van der Waals surface area contributed by atoms with Crippen LogP contribution in [0.3, 0.4) is 0 Å². The van der Waals surface area contributed by atoms with Crippen LogP contribution in [0.15, 0.2) is 0 Å². The summed E-state index contributed by atoms with van der Waals surface area (Å²) in [6, 6.07) is 0. The normalized spacial score (nSPS) is 15.0. The van der Waals surface area contributed by atoms with Crippen molar-refractivity contribution in [3.8, 4) is 0 Å². The third-order valence-electron chi connectivity index (χ3n) is 2.17. The van der Waals surface area contributed by atoms with Crippen LogP contribution in [0.4, 0.5) is 4.79 Å². The highest BCUT2D eigenvalue weighted by Crippen LogP contribution is 2.12. The number of rotatable bonds is 6. The summed E-state index contributed by atoms with van der Waals surface area (Å²) in [6.07, 6.45) is 1.04. The Labute approximate surface area is 79.0 Å². The number of aliphatic hydroxyl groups excluding tert-OH is 1. The van der Waals surface area contributed by atoms with E-state index >= 15 is 0 Å². The minimum Gasteiger partial charge on any atom is -0.465 e. The van der Waals surface area contributed by atoms with E-state index in [0.29, 0.717) is 6.54 Å². The van der Waals surface area contributed by atoms with Crippen LogP contribution in [0.2, 0.25) is 0 Å². The first-order chi connectivity index (χ1) is 6.11. The van der Waals surface area contributed by atoms with Crippen LogP contribution in [0.5, 0.6) is 0 Å². The molecule has 0 aliphatic rings. The van der Waals surface area contributed by atoms with Crippen molar-refractivity contribution in [2.75, 3.05) is 6.54 Å². The van der Waals surface area contributed by atoms with E-state index in [-0.39, 0.29) is 12.0 Å². The van der Waals surface area contributed by atoms with E-state index in [1.54, 1.807) is 0 Å². The fraction of sp³-hybridized carbons (Fsp3) is 0.889. The Kier molecular flexibility index (Phi) is 6.32. The molecule has 1 unspecified atom stereocenters. The Morgan fingerprint density at radius 1 is 1.46 bits per heavy atom. The third kappa shape index (κ3) is 5.47. The Morgan fingerprint density at radius 2 is 2.08 bits per heavy atom. The highest BCUT2D eigenvalue weighted by atomic mass is 16.4. The Morgan fingerprint density at radius 3 is 2.46 bits per heavy atom. The second-order valence-electron chi connectivity index (χ2n) is 3.21. The summed E-state index contributed by atoms with van der Waals surface area (Å²) in [5.74, 6) is 0.0380. The van der Waals surface area contributed by atoms with E-state index in [0.717, 1.165) is 19.3 Å². The van der Waals surface area contributed by atoms with Crippen molar-refractivity contribution < 1.29 is 15.0 Å². The Balaban J connectivity index is 3.79. The van der Waals surface area contributed by atoms with Gasteiger partial charge in [0.2, 0.25) is 0 Å². The summed E-state index contributed by atoms with van der Waals surface area (Å²) in [5.41, 5.74) is 0. The fourth-order valence-corrected chi connectivity index (χ4v) is 1.30. The molecule has 3 N–H and O–H groups in total. The fourth-order valence-electron chi connectivity index (χ4n) is 1.30. The lowest BCUT2D eigenvalue weighted by molar-refractivity contribution is 0.0943. The number of hydrogen-bond acceptors (Lipinski definition) is 2. The molecule has 1 amide bonds. The molecule has 0 aromatic rings. The van der Waals surface area contributed by atoms with Gasteiger partial charge in [-0.1, -0.05) is 20.3 Å². The maximum Gasteiger partial charge on any atom is 0.404 e. The van der Waals surface area contributed by atoms with Gasteiger partial charge in [-0.15, -0.1) is 0 Å². The molecule has 0 aromatic carbocycles. The first-order valence-electron chi connectivity index (χ1n) is 4.76. The topological polar surface area (TPSA) is 69.6 Å². The van der Waals surface area contributed by atoms with E-state index in [4.69, 9.17) is 5.11 Å². The van der Waals surface area contributed by atoms with Crippen molar-refractivity contribution in [1.82, 2.24) is 5.32 Å². The van der Waals surface area contributed by atoms with Gasteiger partial charge in [-0.05, 0) is 12.8 Å². The minimum atomic E-state index is -1.03. The SMILES string of the molecule is CCCC(O)[C@H](CC)CNC(=O)O. The molecule has 13 heavy (non-hydrogen) atoms. The molecule has 4 heteroatoms. The lowest BCUT2D eigenvalue weighted by Gasteiger charge is -2.20. The number of aliphatic hydroxyl groups is 1. The monoisotopic (exact) mass is 189 g/mol. The van der Waals surface area contributed by atoms with Crippen molar-refractivity contribution >= 4 is 6.09 Å². The average molecular weight is 189 g/mol. The summed E-state index contributed by atoms with van der Waals surface area (Å²) in [6.45, 7) is 4.29. The van der Waals surface area contributed by atoms with Gasteiger partial charge in [0.05, 0.1) is 6.10 Å². The summed E-state index contributed by atoms with van der Waals surface area (Å²) in [5, 5.41) is 20.3. The van der Waals surface area contributed by atoms with Crippen molar-refractivity contribution in [2.24, 2.45) is 5.92 Å². The average Bonchev–Trinajstić information content (AvgIpc) is 2.05. The lowest BCUT2D eigenvalue weighted by atomic mass is 9.96. The summed E-state index contributed by atoms with van der Waals surface area (Å²) < 4.78 is 0. The molecule has 0 saturated carbocycles. The van der Waals surface area contributed by atoms with E-state index in [1.165, 1.54) is 0 Å². The maximum absolute atomic E-state index is 10.2. The molecule has 0 aliphatic carbocycles. The highest BCUT2D eigenvalue weighted by Gasteiger charge is 2.16. The van der Waals surface area contributed by atoms with Gasteiger partial charge in [0.25, 0.3) is 0 Å². The molecule has 0 aliphatic heterocycles. The molecular weight excluding hydrogens is 170 g/mol. The van der Waals surface area contributed by atoms with E-state index in [9.17, 15) is 9.90 Å². The number of carboxylic acid groups (broad SMARTS) is 1. The van der Waals surface area contributed by atoms with Gasteiger partial charge in [0.15, 0.2) is 0 Å². The molecule has 0 spiro atoms. The van der Waals surface area contributed by atoms with Crippen LogP contribution in [0.25, 0.3) is 0 Å². The van der Waals surface area contributed by atoms with Crippen LogP contribution in [-0.2, 0) is 0 Å². The van der Waals surface area contributed by atoms with E-state index in [2.05, 4.69) is 5.32 Å². The van der Waals surface area contributed by atoms with Gasteiger partial charge in [-0.2, -0.15) is 0 Å². The molecule has 78 valence electrons. The molecule has 0 rings (SSSR count). The molecule has 0 radical (unpaired) electrons. The molecule has 0 bridgehead atoms. The van der Waals surface area contributed by atoms with E-state index in [1.807, 2.05) is 13.8 Å². The highest BCUT2D eigenvalue weighted by molar-refractivity contribution is 5.64. The van der Waals surface area contributed by atoms with Crippen LogP contribution >= 0.6 is 0 Å². The number of carbonyl (C=O) groups is 1.